The molecule has 2 heteroatoms. The Hall–Kier alpha value is -0.630. The van der Waals surface area contributed by atoms with Gasteiger partial charge in [0, 0.05) is 12.3 Å². The summed E-state index contributed by atoms with van der Waals surface area (Å²) in [4.78, 5) is 12.2. The van der Waals surface area contributed by atoms with E-state index in [-0.39, 0.29) is 5.41 Å². The van der Waals surface area contributed by atoms with Crippen LogP contribution in [0.25, 0.3) is 0 Å². The lowest BCUT2D eigenvalue weighted by Gasteiger charge is -2.42. The number of allylic oxidation sites excluding steroid dienone is 1. The van der Waals surface area contributed by atoms with Gasteiger partial charge in [-0.1, -0.05) is 26.0 Å². The number of carbonyl (C=O) groups excluding carboxylic acids is 1. The largest absolute Gasteiger partial charge is 0.386 e. The van der Waals surface area contributed by atoms with E-state index < -0.39 is 5.60 Å². The van der Waals surface area contributed by atoms with Crippen LogP contribution in [0.3, 0.4) is 0 Å². The van der Waals surface area contributed by atoms with Crippen molar-refractivity contribution in [2.75, 3.05) is 0 Å². The first kappa shape index (κ1) is 15.3. The molecule has 0 aromatic rings. The van der Waals surface area contributed by atoms with Gasteiger partial charge >= 0.3 is 0 Å². The molecule has 3 aliphatic rings. The Morgan fingerprint density at radius 1 is 1.38 bits per heavy atom. The van der Waals surface area contributed by atoms with Gasteiger partial charge in [0.05, 0.1) is 5.60 Å². The van der Waals surface area contributed by atoms with Gasteiger partial charge in [0.15, 0.2) is 0 Å². The molecule has 0 heterocycles. The molecule has 0 aromatic heterocycles. The van der Waals surface area contributed by atoms with E-state index in [0.29, 0.717) is 29.5 Å². The summed E-state index contributed by atoms with van der Waals surface area (Å²) in [5, 5.41) is 10.1. The second-order valence-corrected chi connectivity index (χ2v) is 8.46. The number of rotatable bonds is 3. The summed E-state index contributed by atoms with van der Waals surface area (Å²) in [7, 11) is 0. The molecule has 2 saturated carbocycles. The molecule has 1 unspecified atom stereocenters. The zero-order chi connectivity index (χ0) is 15.3. The lowest BCUT2D eigenvalue weighted by molar-refractivity contribution is -0.130. The Labute approximate surface area is 129 Å². The Balaban J connectivity index is 1.67. The SMILES string of the molecule is C[C@H](C[C@@H]1C=C[C@](C)(O)C1)[C@H]1CCC2C(=O)CCC[C@]21C. The van der Waals surface area contributed by atoms with E-state index in [4.69, 9.17) is 0 Å². The van der Waals surface area contributed by atoms with Crippen LogP contribution in [0.4, 0.5) is 0 Å². The predicted octanol–water partition coefficient (Wildman–Crippen LogP) is 4.13. The van der Waals surface area contributed by atoms with E-state index in [2.05, 4.69) is 19.9 Å². The maximum Gasteiger partial charge on any atom is 0.136 e. The highest BCUT2D eigenvalue weighted by molar-refractivity contribution is 5.83. The van der Waals surface area contributed by atoms with E-state index in [9.17, 15) is 9.90 Å². The number of carbonyl (C=O) groups is 1. The first-order chi connectivity index (χ1) is 9.82. The highest BCUT2D eigenvalue weighted by Crippen LogP contribution is 2.57. The Bertz CT molecular complexity index is 450. The van der Waals surface area contributed by atoms with Gasteiger partial charge < -0.3 is 5.11 Å². The van der Waals surface area contributed by atoms with Crippen LogP contribution < -0.4 is 0 Å². The number of ketones is 1. The van der Waals surface area contributed by atoms with Crippen molar-refractivity contribution in [3.8, 4) is 0 Å². The molecule has 0 saturated heterocycles. The molecule has 0 aliphatic heterocycles. The Kier molecular flexibility index (Phi) is 3.80. The molecule has 0 amide bonds. The summed E-state index contributed by atoms with van der Waals surface area (Å²) in [5.74, 6) is 2.71. The average Bonchev–Trinajstić information content (AvgIpc) is 2.90. The minimum Gasteiger partial charge on any atom is -0.386 e. The van der Waals surface area contributed by atoms with Crippen LogP contribution in [0.2, 0.25) is 0 Å². The fraction of sp³-hybridized carbons (Fsp3) is 0.842. The molecule has 0 bridgehead atoms. The summed E-state index contributed by atoms with van der Waals surface area (Å²) in [6.45, 7) is 6.66. The minimum absolute atomic E-state index is 0.250. The number of Topliss-reactive ketones (excluding diaryl/α,β-unsaturated/α-hetero) is 1. The van der Waals surface area contributed by atoms with Gasteiger partial charge in [-0.25, -0.2) is 0 Å². The molecule has 0 aromatic carbocycles. The summed E-state index contributed by atoms with van der Waals surface area (Å²) < 4.78 is 0. The fourth-order valence-electron chi connectivity index (χ4n) is 5.72. The summed E-state index contributed by atoms with van der Waals surface area (Å²) in [6.07, 6.45) is 11.7. The van der Waals surface area contributed by atoms with Crippen LogP contribution in [0.1, 0.15) is 65.7 Å². The van der Waals surface area contributed by atoms with Crippen LogP contribution in [0, 0.1) is 29.1 Å². The summed E-state index contributed by atoms with van der Waals surface area (Å²) >= 11 is 0. The van der Waals surface area contributed by atoms with E-state index in [0.717, 1.165) is 32.1 Å². The maximum atomic E-state index is 12.2. The van der Waals surface area contributed by atoms with E-state index in [1.807, 2.05) is 13.0 Å². The Morgan fingerprint density at radius 3 is 2.81 bits per heavy atom. The average molecular weight is 290 g/mol. The molecule has 2 nitrogen and oxygen atoms in total. The summed E-state index contributed by atoms with van der Waals surface area (Å²) in [5.41, 5.74) is -0.354. The minimum atomic E-state index is -0.604. The lowest BCUT2D eigenvalue weighted by Crippen LogP contribution is -2.39. The molecule has 1 N–H and O–H groups in total. The van der Waals surface area contributed by atoms with Crippen molar-refractivity contribution in [2.24, 2.45) is 29.1 Å². The molecular formula is C19H30O2. The van der Waals surface area contributed by atoms with Gasteiger partial charge in [0.1, 0.15) is 5.78 Å². The first-order valence-electron chi connectivity index (χ1n) is 8.76. The predicted molar refractivity (Wildman–Crippen MR) is 84.8 cm³/mol. The van der Waals surface area contributed by atoms with Crippen molar-refractivity contribution in [1.29, 1.82) is 0 Å². The van der Waals surface area contributed by atoms with Gasteiger partial charge in [0.25, 0.3) is 0 Å². The third kappa shape index (κ3) is 2.72. The molecule has 0 radical (unpaired) electrons. The second kappa shape index (κ2) is 5.22. The van der Waals surface area contributed by atoms with Gasteiger partial charge in [-0.15, -0.1) is 0 Å². The third-order valence-electron chi connectivity index (χ3n) is 6.70. The smallest absolute Gasteiger partial charge is 0.136 e. The lowest BCUT2D eigenvalue weighted by atomic mass is 9.61. The standard InChI is InChI=1S/C19H30O2/c1-13(11-14-8-10-18(2,21)12-14)15-6-7-16-17(20)5-4-9-19(15,16)3/h8,10,13-16,21H,4-7,9,11-12H2,1-3H3/t13-,14+,15-,16?,18+,19+/m1/s1. The number of aliphatic hydroxyl groups is 1. The van der Waals surface area contributed by atoms with E-state index >= 15 is 0 Å². The number of fused-ring (bicyclic) bond motifs is 1. The molecule has 0 spiro atoms. The van der Waals surface area contributed by atoms with Gasteiger partial charge in [-0.2, -0.15) is 0 Å². The van der Waals surface area contributed by atoms with Crippen molar-refractivity contribution in [1.82, 2.24) is 0 Å². The normalized spacial score (nSPS) is 47.6. The van der Waals surface area contributed by atoms with Crippen molar-refractivity contribution >= 4 is 5.78 Å². The molecule has 118 valence electrons. The van der Waals surface area contributed by atoms with E-state index in [1.165, 1.54) is 12.8 Å². The maximum absolute atomic E-state index is 12.2. The molecule has 3 rings (SSSR count). The van der Waals surface area contributed by atoms with Crippen molar-refractivity contribution < 1.29 is 9.90 Å². The van der Waals surface area contributed by atoms with Crippen molar-refractivity contribution in [3.63, 3.8) is 0 Å². The third-order valence-corrected chi connectivity index (χ3v) is 6.70. The Morgan fingerprint density at radius 2 is 2.14 bits per heavy atom. The second-order valence-electron chi connectivity index (χ2n) is 8.46. The fourth-order valence-corrected chi connectivity index (χ4v) is 5.72. The van der Waals surface area contributed by atoms with Crippen LogP contribution in [0.15, 0.2) is 12.2 Å². The van der Waals surface area contributed by atoms with Crippen molar-refractivity contribution in [2.45, 2.75) is 71.3 Å². The summed E-state index contributed by atoms with van der Waals surface area (Å²) in [6, 6.07) is 0. The number of hydrogen-bond donors (Lipinski definition) is 1. The van der Waals surface area contributed by atoms with E-state index in [1.54, 1.807) is 0 Å². The first-order valence-corrected chi connectivity index (χ1v) is 8.76. The van der Waals surface area contributed by atoms with Crippen molar-refractivity contribution in [3.05, 3.63) is 12.2 Å². The van der Waals surface area contributed by atoms with Crippen LogP contribution >= 0.6 is 0 Å². The quantitative estimate of drug-likeness (QED) is 0.794. The molecule has 6 atom stereocenters. The number of hydrogen-bond acceptors (Lipinski definition) is 2. The molecule has 21 heavy (non-hydrogen) atoms. The van der Waals surface area contributed by atoms with Crippen LogP contribution in [-0.4, -0.2) is 16.5 Å². The van der Waals surface area contributed by atoms with Gasteiger partial charge in [-0.3, -0.25) is 4.79 Å². The highest BCUT2D eigenvalue weighted by atomic mass is 16.3. The zero-order valence-corrected chi connectivity index (χ0v) is 13.8. The molecule has 2 fully saturated rings. The molecule has 3 aliphatic carbocycles. The monoisotopic (exact) mass is 290 g/mol. The topological polar surface area (TPSA) is 37.3 Å². The zero-order valence-electron chi connectivity index (χ0n) is 13.8. The van der Waals surface area contributed by atoms with Crippen LogP contribution in [0.5, 0.6) is 0 Å². The highest BCUT2D eigenvalue weighted by Gasteiger charge is 2.52. The van der Waals surface area contributed by atoms with Crippen LogP contribution in [-0.2, 0) is 4.79 Å². The van der Waals surface area contributed by atoms with Gasteiger partial charge in [0.2, 0.25) is 0 Å². The molecular weight excluding hydrogens is 260 g/mol. The van der Waals surface area contributed by atoms with Gasteiger partial charge in [-0.05, 0) is 68.6 Å².